The summed E-state index contributed by atoms with van der Waals surface area (Å²) in [5, 5.41) is 5.64. The van der Waals surface area contributed by atoms with Gasteiger partial charge in [0, 0.05) is 27.2 Å². The van der Waals surface area contributed by atoms with Gasteiger partial charge in [-0.05, 0) is 24.0 Å². The molecule has 0 aromatic heterocycles. The van der Waals surface area contributed by atoms with Crippen molar-refractivity contribution in [3.8, 4) is 0 Å². The number of urea groups is 1. The van der Waals surface area contributed by atoms with Gasteiger partial charge in [-0.15, -0.1) is 0 Å². The first kappa shape index (κ1) is 21.4. The lowest BCUT2D eigenvalue weighted by Gasteiger charge is -2.17. The van der Waals surface area contributed by atoms with Crippen LogP contribution in [0.1, 0.15) is 45.1 Å². The Bertz CT molecular complexity index is 645. The molecule has 6 nitrogen and oxygen atoms in total. The quantitative estimate of drug-likeness (QED) is 0.665. The van der Waals surface area contributed by atoms with E-state index >= 15 is 0 Å². The van der Waals surface area contributed by atoms with Crippen molar-refractivity contribution < 1.29 is 13.2 Å². The Morgan fingerprint density at radius 2 is 1.84 bits per heavy atom. The zero-order valence-electron chi connectivity index (χ0n) is 15.7. The number of amides is 2. The number of nitrogens with zero attached hydrogens (tertiary/aromatic N) is 1. The molecule has 0 saturated carbocycles. The third-order valence-electron chi connectivity index (χ3n) is 4.27. The second-order valence-corrected chi connectivity index (χ2v) is 8.50. The fraction of sp³-hybridized carbons (Fsp3) is 0.611. The highest BCUT2D eigenvalue weighted by atomic mass is 32.2. The van der Waals surface area contributed by atoms with Crippen LogP contribution in [0.5, 0.6) is 0 Å². The number of benzene rings is 1. The maximum absolute atomic E-state index is 12.3. The van der Waals surface area contributed by atoms with Crippen LogP contribution in [0.15, 0.2) is 29.2 Å². The number of hydrogen-bond donors (Lipinski definition) is 2. The summed E-state index contributed by atoms with van der Waals surface area (Å²) in [7, 11) is -0.547. The number of hydrogen-bond acceptors (Lipinski definition) is 3. The smallest absolute Gasteiger partial charge is 0.315 e. The van der Waals surface area contributed by atoms with Crippen LogP contribution in [0, 0.1) is 5.92 Å². The molecule has 0 aliphatic carbocycles. The van der Waals surface area contributed by atoms with Gasteiger partial charge in [0.1, 0.15) is 0 Å². The van der Waals surface area contributed by atoms with Crippen LogP contribution in [0.25, 0.3) is 0 Å². The SMILES string of the molecule is CCCCC(CC)CNC(=O)NCc1ccccc1S(=O)(=O)N(C)C. The molecule has 0 saturated heterocycles. The first-order valence-corrected chi connectivity index (χ1v) is 10.3. The molecule has 1 aromatic rings. The van der Waals surface area contributed by atoms with E-state index in [0.29, 0.717) is 18.0 Å². The third-order valence-corrected chi connectivity index (χ3v) is 6.18. The summed E-state index contributed by atoms with van der Waals surface area (Å²) in [4.78, 5) is 12.2. The van der Waals surface area contributed by atoms with E-state index < -0.39 is 10.0 Å². The Labute approximate surface area is 152 Å². The normalized spacial score (nSPS) is 12.8. The molecule has 0 heterocycles. The van der Waals surface area contributed by atoms with E-state index in [1.54, 1.807) is 24.3 Å². The molecule has 0 radical (unpaired) electrons. The van der Waals surface area contributed by atoms with E-state index in [4.69, 9.17) is 0 Å². The minimum Gasteiger partial charge on any atom is -0.338 e. The lowest BCUT2D eigenvalue weighted by Crippen LogP contribution is -2.38. The monoisotopic (exact) mass is 369 g/mol. The Hall–Kier alpha value is -1.60. The Morgan fingerprint density at radius 1 is 1.16 bits per heavy atom. The molecule has 0 fully saturated rings. The van der Waals surface area contributed by atoms with E-state index in [0.717, 1.165) is 25.7 Å². The summed E-state index contributed by atoms with van der Waals surface area (Å²) >= 11 is 0. The van der Waals surface area contributed by atoms with E-state index in [-0.39, 0.29) is 17.5 Å². The fourth-order valence-electron chi connectivity index (χ4n) is 2.52. The molecule has 142 valence electrons. The zero-order chi connectivity index (χ0) is 18.9. The van der Waals surface area contributed by atoms with Crippen molar-refractivity contribution in [1.82, 2.24) is 14.9 Å². The minimum absolute atomic E-state index is 0.167. The van der Waals surface area contributed by atoms with Crippen LogP contribution in [0.2, 0.25) is 0 Å². The third kappa shape index (κ3) is 6.66. The van der Waals surface area contributed by atoms with Crippen molar-refractivity contribution >= 4 is 16.1 Å². The van der Waals surface area contributed by atoms with E-state index in [1.807, 2.05) is 0 Å². The summed E-state index contributed by atoms with van der Waals surface area (Å²) < 4.78 is 25.9. The lowest BCUT2D eigenvalue weighted by molar-refractivity contribution is 0.237. The van der Waals surface area contributed by atoms with Crippen LogP contribution >= 0.6 is 0 Å². The molecule has 1 aromatic carbocycles. The number of unbranched alkanes of at least 4 members (excludes halogenated alkanes) is 1. The second-order valence-electron chi connectivity index (χ2n) is 6.38. The standard InChI is InChI=1S/C18H31N3O3S/c1-5-7-10-15(6-2)13-19-18(22)20-14-16-11-8-9-12-17(16)25(23,24)21(3)4/h8-9,11-12,15H,5-7,10,13-14H2,1-4H3,(H2,19,20,22). The Kier molecular flexibility index (Phi) is 8.92. The van der Waals surface area contributed by atoms with Crippen molar-refractivity contribution in [1.29, 1.82) is 0 Å². The molecule has 25 heavy (non-hydrogen) atoms. The van der Waals surface area contributed by atoms with Gasteiger partial charge in [-0.3, -0.25) is 0 Å². The summed E-state index contributed by atoms with van der Waals surface area (Å²) in [6, 6.07) is 6.45. The molecule has 1 rings (SSSR count). The first-order chi connectivity index (χ1) is 11.8. The summed E-state index contributed by atoms with van der Waals surface area (Å²) in [5.41, 5.74) is 0.573. The molecule has 1 atom stereocenters. The highest BCUT2D eigenvalue weighted by Crippen LogP contribution is 2.18. The Balaban J connectivity index is 2.63. The van der Waals surface area contributed by atoms with Gasteiger partial charge in [-0.2, -0.15) is 0 Å². The van der Waals surface area contributed by atoms with Crippen LogP contribution in [0.3, 0.4) is 0 Å². The van der Waals surface area contributed by atoms with Gasteiger partial charge < -0.3 is 10.6 Å². The number of nitrogens with one attached hydrogen (secondary N) is 2. The topological polar surface area (TPSA) is 78.5 Å². The predicted molar refractivity (Wildman–Crippen MR) is 101 cm³/mol. The van der Waals surface area contributed by atoms with Crippen molar-refractivity contribution in [2.45, 2.75) is 51.0 Å². The van der Waals surface area contributed by atoms with E-state index in [1.165, 1.54) is 18.4 Å². The maximum Gasteiger partial charge on any atom is 0.315 e. The number of sulfonamides is 1. The van der Waals surface area contributed by atoms with E-state index in [9.17, 15) is 13.2 Å². The fourth-order valence-corrected chi connectivity index (χ4v) is 3.63. The molecule has 0 spiro atoms. The molecule has 0 aliphatic heterocycles. The van der Waals surface area contributed by atoms with Crippen LogP contribution < -0.4 is 10.6 Å². The van der Waals surface area contributed by atoms with Crippen molar-refractivity contribution in [3.05, 3.63) is 29.8 Å². The molecule has 0 bridgehead atoms. The summed E-state index contributed by atoms with van der Waals surface area (Å²) in [6.07, 6.45) is 4.46. The highest BCUT2D eigenvalue weighted by molar-refractivity contribution is 7.89. The largest absolute Gasteiger partial charge is 0.338 e. The maximum atomic E-state index is 12.3. The summed E-state index contributed by atoms with van der Waals surface area (Å²) in [5.74, 6) is 0.479. The van der Waals surface area contributed by atoms with Crippen molar-refractivity contribution in [2.75, 3.05) is 20.6 Å². The first-order valence-electron chi connectivity index (χ1n) is 8.85. The molecular weight excluding hydrogens is 338 g/mol. The van der Waals surface area contributed by atoms with Crippen LogP contribution in [-0.2, 0) is 16.6 Å². The van der Waals surface area contributed by atoms with Gasteiger partial charge in [0.05, 0.1) is 4.90 Å². The van der Waals surface area contributed by atoms with Gasteiger partial charge in [-0.25, -0.2) is 17.5 Å². The molecule has 7 heteroatoms. The summed E-state index contributed by atoms with van der Waals surface area (Å²) in [6.45, 7) is 5.09. The average Bonchev–Trinajstić information content (AvgIpc) is 2.60. The lowest BCUT2D eigenvalue weighted by atomic mass is 9.99. The van der Waals surface area contributed by atoms with Crippen molar-refractivity contribution in [3.63, 3.8) is 0 Å². The van der Waals surface area contributed by atoms with Gasteiger partial charge in [-0.1, -0.05) is 51.3 Å². The second kappa shape index (κ2) is 10.4. The van der Waals surface area contributed by atoms with Crippen LogP contribution in [0.4, 0.5) is 4.79 Å². The average molecular weight is 370 g/mol. The molecule has 0 aliphatic rings. The zero-order valence-corrected chi connectivity index (χ0v) is 16.5. The van der Waals surface area contributed by atoms with Crippen LogP contribution in [-0.4, -0.2) is 39.4 Å². The molecule has 1 unspecified atom stereocenters. The van der Waals surface area contributed by atoms with Crippen molar-refractivity contribution in [2.24, 2.45) is 5.92 Å². The molecular formula is C18H31N3O3S. The number of rotatable bonds is 10. The van der Waals surface area contributed by atoms with E-state index in [2.05, 4.69) is 24.5 Å². The minimum atomic E-state index is -3.53. The highest BCUT2D eigenvalue weighted by Gasteiger charge is 2.20. The molecule has 2 amide bonds. The Morgan fingerprint density at radius 3 is 2.44 bits per heavy atom. The van der Waals surface area contributed by atoms with Gasteiger partial charge in [0.25, 0.3) is 0 Å². The number of carbonyl (C=O) groups excluding carboxylic acids is 1. The number of carbonyl (C=O) groups is 1. The van der Waals surface area contributed by atoms with Gasteiger partial charge >= 0.3 is 6.03 Å². The predicted octanol–water partition coefficient (Wildman–Crippen LogP) is 2.95. The molecule has 2 N–H and O–H groups in total. The van der Waals surface area contributed by atoms with Gasteiger partial charge in [0.15, 0.2) is 0 Å². The van der Waals surface area contributed by atoms with Gasteiger partial charge in [0.2, 0.25) is 10.0 Å².